The Labute approximate surface area is 143 Å². The van der Waals surface area contributed by atoms with Crippen LogP contribution in [0.4, 0.5) is 0 Å². The van der Waals surface area contributed by atoms with Crippen LogP contribution in [-0.4, -0.2) is 18.5 Å². The first-order valence-corrected chi connectivity index (χ1v) is 7.72. The zero-order valence-corrected chi connectivity index (χ0v) is 13.9. The Bertz CT molecular complexity index is 728. The van der Waals surface area contributed by atoms with Crippen LogP contribution in [0.1, 0.15) is 34.1 Å². The number of benzene rings is 2. The van der Waals surface area contributed by atoms with Gasteiger partial charge in [-0.15, -0.1) is 0 Å². The quantitative estimate of drug-likeness (QED) is 0.573. The number of halogens is 2. The fourth-order valence-electron chi connectivity index (χ4n) is 1.77. The molecule has 0 amide bonds. The molecule has 0 aliphatic heterocycles. The van der Waals surface area contributed by atoms with Crippen molar-refractivity contribution in [2.75, 3.05) is 6.61 Å². The molecule has 23 heavy (non-hydrogen) atoms. The van der Waals surface area contributed by atoms with Gasteiger partial charge in [-0.2, -0.15) is 0 Å². The van der Waals surface area contributed by atoms with Crippen molar-refractivity contribution in [2.24, 2.45) is 0 Å². The van der Waals surface area contributed by atoms with Crippen LogP contribution in [-0.2, 0) is 4.74 Å². The average Bonchev–Trinajstić information content (AvgIpc) is 2.57. The molecule has 0 fully saturated rings. The van der Waals surface area contributed by atoms with E-state index in [4.69, 9.17) is 32.7 Å². The Morgan fingerprint density at radius 1 is 1.00 bits per heavy atom. The molecule has 0 saturated heterocycles. The van der Waals surface area contributed by atoms with Gasteiger partial charge in [-0.25, -0.2) is 9.59 Å². The zero-order valence-electron chi connectivity index (χ0n) is 12.3. The Kier molecular flexibility index (Phi) is 6.02. The van der Waals surface area contributed by atoms with Crippen molar-refractivity contribution in [1.82, 2.24) is 0 Å². The SMILES string of the molecule is CCCOC(=O)c1cccc(C(=O)Oc2cccc(Cl)c2Cl)c1. The Hall–Kier alpha value is -2.04. The summed E-state index contributed by atoms with van der Waals surface area (Å²) in [5, 5.41) is 0.440. The van der Waals surface area contributed by atoms with Gasteiger partial charge in [0, 0.05) is 0 Å². The lowest BCUT2D eigenvalue weighted by Gasteiger charge is -2.08. The fraction of sp³-hybridized carbons (Fsp3) is 0.176. The maximum absolute atomic E-state index is 12.2. The molecule has 2 rings (SSSR count). The number of ether oxygens (including phenoxy) is 2. The van der Waals surface area contributed by atoms with Gasteiger partial charge < -0.3 is 9.47 Å². The molecule has 0 spiro atoms. The summed E-state index contributed by atoms with van der Waals surface area (Å²) in [6, 6.07) is 10.8. The van der Waals surface area contributed by atoms with E-state index in [2.05, 4.69) is 0 Å². The summed E-state index contributed by atoms with van der Waals surface area (Å²) >= 11 is 11.9. The summed E-state index contributed by atoms with van der Waals surface area (Å²) < 4.78 is 10.3. The van der Waals surface area contributed by atoms with Gasteiger partial charge in [0.15, 0.2) is 5.75 Å². The number of esters is 2. The number of rotatable bonds is 5. The second-order valence-corrected chi connectivity index (χ2v) is 5.44. The third-order valence-electron chi connectivity index (χ3n) is 2.89. The van der Waals surface area contributed by atoms with Gasteiger partial charge in [-0.1, -0.05) is 42.3 Å². The maximum atomic E-state index is 12.2. The molecule has 0 aliphatic carbocycles. The molecule has 2 aromatic rings. The summed E-state index contributed by atoms with van der Waals surface area (Å²) in [5.41, 5.74) is 0.497. The number of hydrogen-bond acceptors (Lipinski definition) is 4. The van der Waals surface area contributed by atoms with Crippen molar-refractivity contribution in [2.45, 2.75) is 13.3 Å². The average molecular weight is 353 g/mol. The molecule has 0 N–H and O–H groups in total. The minimum atomic E-state index is -0.640. The van der Waals surface area contributed by atoms with Crippen LogP contribution >= 0.6 is 23.2 Å². The number of carbonyl (C=O) groups excluding carboxylic acids is 2. The highest BCUT2D eigenvalue weighted by atomic mass is 35.5. The highest BCUT2D eigenvalue weighted by Gasteiger charge is 2.15. The van der Waals surface area contributed by atoms with E-state index in [1.54, 1.807) is 24.3 Å². The van der Waals surface area contributed by atoms with Gasteiger partial charge >= 0.3 is 11.9 Å². The summed E-state index contributed by atoms with van der Waals surface area (Å²) in [5.74, 6) is -0.968. The second-order valence-electron chi connectivity index (χ2n) is 4.66. The van der Waals surface area contributed by atoms with E-state index in [-0.39, 0.29) is 26.9 Å². The monoisotopic (exact) mass is 352 g/mol. The molecule has 0 heterocycles. The summed E-state index contributed by atoms with van der Waals surface area (Å²) in [6.45, 7) is 2.22. The smallest absolute Gasteiger partial charge is 0.343 e. The van der Waals surface area contributed by atoms with Crippen LogP contribution in [0.15, 0.2) is 42.5 Å². The first-order valence-electron chi connectivity index (χ1n) is 6.96. The second kappa shape index (κ2) is 7.99. The highest BCUT2D eigenvalue weighted by Crippen LogP contribution is 2.31. The molecule has 120 valence electrons. The zero-order chi connectivity index (χ0) is 16.8. The lowest BCUT2D eigenvalue weighted by molar-refractivity contribution is 0.0505. The molecular weight excluding hydrogens is 339 g/mol. The van der Waals surface area contributed by atoms with Crippen molar-refractivity contribution in [3.05, 3.63) is 63.6 Å². The van der Waals surface area contributed by atoms with E-state index in [9.17, 15) is 9.59 Å². The van der Waals surface area contributed by atoms with Crippen LogP contribution in [0.5, 0.6) is 5.75 Å². The van der Waals surface area contributed by atoms with Gasteiger partial charge in [0.1, 0.15) is 5.02 Å². The van der Waals surface area contributed by atoms with Crippen molar-refractivity contribution in [1.29, 1.82) is 0 Å². The van der Waals surface area contributed by atoms with Crippen LogP contribution in [0, 0.1) is 0 Å². The molecular formula is C17H14Cl2O4. The molecule has 4 nitrogen and oxygen atoms in total. The van der Waals surface area contributed by atoms with E-state index in [1.807, 2.05) is 6.92 Å². The molecule has 6 heteroatoms. The largest absolute Gasteiger partial charge is 0.462 e. The molecule has 0 aliphatic rings. The molecule has 0 unspecified atom stereocenters. The van der Waals surface area contributed by atoms with Crippen LogP contribution in [0.2, 0.25) is 10.0 Å². The van der Waals surface area contributed by atoms with Gasteiger partial charge in [0.2, 0.25) is 0 Å². The molecule has 0 aromatic heterocycles. The summed E-state index contributed by atoms with van der Waals surface area (Å²) in [6.07, 6.45) is 0.723. The number of hydrogen-bond donors (Lipinski definition) is 0. The van der Waals surface area contributed by atoms with Gasteiger partial charge in [-0.3, -0.25) is 0 Å². The lowest BCUT2D eigenvalue weighted by Crippen LogP contribution is -2.11. The Morgan fingerprint density at radius 3 is 2.35 bits per heavy atom. The standard InChI is InChI=1S/C17H14Cl2O4/c1-2-9-22-16(20)11-5-3-6-12(10-11)17(21)23-14-8-4-7-13(18)15(14)19/h3-8,10H,2,9H2,1H3. The number of carbonyl (C=O) groups is 2. The minimum Gasteiger partial charge on any atom is -0.462 e. The summed E-state index contributed by atoms with van der Waals surface area (Å²) in [7, 11) is 0. The summed E-state index contributed by atoms with van der Waals surface area (Å²) in [4.78, 5) is 24.0. The maximum Gasteiger partial charge on any atom is 0.343 e. The van der Waals surface area contributed by atoms with E-state index in [0.717, 1.165) is 6.42 Å². The fourth-order valence-corrected chi connectivity index (χ4v) is 2.10. The van der Waals surface area contributed by atoms with Gasteiger partial charge in [-0.05, 0) is 36.8 Å². The van der Waals surface area contributed by atoms with Crippen molar-refractivity contribution in [3.63, 3.8) is 0 Å². The molecule has 0 radical (unpaired) electrons. The van der Waals surface area contributed by atoms with E-state index < -0.39 is 11.9 Å². The molecule has 0 bridgehead atoms. The third-order valence-corrected chi connectivity index (χ3v) is 3.69. The molecule has 2 aromatic carbocycles. The Morgan fingerprint density at radius 2 is 1.65 bits per heavy atom. The van der Waals surface area contributed by atoms with Crippen LogP contribution in [0.25, 0.3) is 0 Å². The normalized spacial score (nSPS) is 10.2. The Balaban J connectivity index is 2.16. The first kappa shape index (κ1) is 17.3. The first-order chi connectivity index (χ1) is 11.0. The third kappa shape index (κ3) is 4.47. The molecule has 0 atom stereocenters. The van der Waals surface area contributed by atoms with Gasteiger partial charge in [0.25, 0.3) is 0 Å². The lowest BCUT2D eigenvalue weighted by atomic mass is 10.1. The van der Waals surface area contributed by atoms with Crippen LogP contribution in [0.3, 0.4) is 0 Å². The molecule has 0 saturated carbocycles. The van der Waals surface area contributed by atoms with E-state index in [0.29, 0.717) is 6.61 Å². The van der Waals surface area contributed by atoms with Crippen molar-refractivity contribution < 1.29 is 19.1 Å². The van der Waals surface area contributed by atoms with E-state index >= 15 is 0 Å². The van der Waals surface area contributed by atoms with Crippen LogP contribution < -0.4 is 4.74 Å². The minimum absolute atomic E-state index is 0.154. The van der Waals surface area contributed by atoms with Crippen molar-refractivity contribution in [3.8, 4) is 5.75 Å². The van der Waals surface area contributed by atoms with Gasteiger partial charge in [0.05, 0.1) is 22.8 Å². The van der Waals surface area contributed by atoms with E-state index in [1.165, 1.54) is 18.2 Å². The predicted octanol–water partition coefficient (Wildman–Crippen LogP) is 4.78. The topological polar surface area (TPSA) is 52.6 Å². The predicted molar refractivity (Wildman–Crippen MR) is 88.4 cm³/mol. The van der Waals surface area contributed by atoms with Crippen molar-refractivity contribution >= 4 is 35.1 Å². The highest BCUT2D eigenvalue weighted by molar-refractivity contribution is 6.43.